The van der Waals surface area contributed by atoms with Gasteiger partial charge in [-0.2, -0.15) is 0 Å². The van der Waals surface area contributed by atoms with Crippen LogP contribution in [0.1, 0.15) is 62.4 Å². The van der Waals surface area contributed by atoms with Crippen LogP contribution in [0.5, 0.6) is 0 Å². The van der Waals surface area contributed by atoms with Crippen molar-refractivity contribution in [1.29, 1.82) is 0 Å². The Balaban J connectivity index is 0.779. The van der Waals surface area contributed by atoms with Crippen LogP contribution in [0, 0.1) is 0 Å². The summed E-state index contributed by atoms with van der Waals surface area (Å²) in [5.41, 5.74) is 23.6. The predicted molar refractivity (Wildman–Crippen MR) is 406 cm³/mol. The van der Waals surface area contributed by atoms with E-state index in [1.54, 1.807) is 0 Å². The lowest BCUT2D eigenvalue weighted by Gasteiger charge is -2.28. The minimum atomic E-state index is -0.200. The number of benzene rings is 13. The molecular formula is C89H62N4O2S. The second kappa shape index (κ2) is 20.9. The van der Waals surface area contributed by atoms with Crippen LogP contribution < -0.4 is 9.80 Å². The number of allylic oxidation sites excluding steroid dienone is 3. The number of anilines is 6. The maximum absolute atomic E-state index is 6.58. The van der Waals surface area contributed by atoms with Crippen LogP contribution in [0.2, 0.25) is 0 Å². The highest BCUT2D eigenvalue weighted by Gasteiger charge is 2.38. The van der Waals surface area contributed by atoms with Crippen LogP contribution in [0.25, 0.3) is 136 Å². The summed E-state index contributed by atoms with van der Waals surface area (Å²) >= 11 is 1.87. The molecule has 2 aliphatic carbocycles. The largest absolute Gasteiger partial charge is 0.456 e. The number of furan rings is 2. The summed E-state index contributed by atoms with van der Waals surface area (Å²) in [5, 5.41) is 13.9. The molecule has 0 unspecified atom stereocenters. The maximum Gasteiger partial charge on any atom is 0.135 e. The zero-order valence-corrected chi connectivity index (χ0v) is 54.5. The summed E-state index contributed by atoms with van der Waals surface area (Å²) in [5.74, 6) is 0. The third-order valence-corrected chi connectivity index (χ3v) is 22.0. The minimum absolute atomic E-state index is 0.189. The van der Waals surface area contributed by atoms with Crippen LogP contribution >= 0.6 is 11.3 Å². The van der Waals surface area contributed by atoms with Crippen molar-refractivity contribution in [2.45, 2.75) is 45.4 Å². The van der Waals surface area contributed by atoms with E-state index in [4.69, 9.17) is 13.8 Å². The van der Waals surface area contributed by atoms with Gasteiger partial charge in [0.05, 0.1) is 11.4 Å². The summed E-state index contributed by atoms with van der Waals surface area (Å²) in [6.07, 6.45) is 7.85. The standard InChI is InChI=1S/C89H62N4O2S/c1-7-8-23-80(90-6)52-25-36-82-70(42-52)72-45-55(30-38-84(72)94-82)92(58-28-34-65-63-19-11-13-21-76(63)88(2,3)78(65)48-58)54-27-33-62-67(44-54)60-17-9-10-18-61(60)68-50-75-74-47-57(32-40-86(74)96-87(75)51-69(62)68)93(59-29-35-66-64-20-12-14-22-77(64)89(4,5)79(66)49-59)56-31-39-85-73(46-56)71-43-53(26-37-83(71)95-85)81-24-15-16-41-91-81/h7-51H,6H2,1-5H3/b8-7-,80-23-. The zero-order valence-electron chi connectivity index (χ0n) is 53.7. The van der Waals surface area contributed by atoms with Crippen molar-refractivity contribution < 1.29 is 8.83 Å². The van der Waals surface area contributed by atoms with Gasteiger partial charge in [-0.1, -0.05) is 137 Å². The monoisotopic (exact) mass is 1250 g/mol. The summed E-state index contributed by atoms with van der Waals surface area (Å²) in [6, 6.07) is 92.1. The number of rotatable bonds is 10. The number of fused-ring (bicyclic) bond motifs is 21. The van der Waals surface area contributed by atoms with Crippen molar-refractivity contribution in [3.63, 3.8) is 0 Å². The molecule has 19 rings (SSSR count). The zero-order chi connectivity index (χ0) is 64.3. The molecule has 0 spiro atoms. The van der Waals surface area contributed by atoms with E-state index in [-0.39, 0.29) is 10.8 Å². The molecule has 4 heterocycles. The lowest BCUT2D eigenvalue weighted by molar-refractivity contribution is 0.660. The predicted octanol–water partition coefficient (Wildman–Crippen LogP) is 25.5. The van der Waals surface area contributed by atoms with Crippen molar-refractivity contribution in [1.82, 2.24) is 4.98 Å². The van der Waals surface area contributed by atoms with Crippen LogP contribution in [0.3, 0.4) is 0 Å². The quantitative estimate of drug-likeness (QED) is 0.0776. The molecule has 13 aromatic carbocycles. The van der Waals surface area contributed by atoms with E-state index in [9.17, 15) is 0 Å². The molecule has 4 aromatic heterocycles. The first-order valence-corrected chi connectivity index (χ1v) is 33.8. The molecule has 456 valence electrons. The van der Waals surface area contributed by atoms with E-state index in [1.807, 2.05) is 54.8 Å². The second-order valence-corrected chi connectivity index (χ2v) is 27.9. The average Bonchev–Trinajstić information content (AvgIpc) is 1.20. The third-order valence-electron chi connectivity index (χ3n) is 20.9. The van der Waals surface area contributed by atoms with Gasteiger partial charge >= 0.3 is 0 Å². The first-order chi connectivity index (χ1) is 47.0. The lowest BCUT2D eigenvalue weighted by Crippen LogP contribution is -2.16. The van der Waals surface area contributed by atoms with Gasteiger partial charge in [0.25, 0.3) is 0 Å². The molecule has 0 aliphatic heterocycles. The van der Waals surface area contributed by atoms with Gasteiger partial charge in [-0.05, 0) is 248 Å². The Morgan fingerprint density at radius 3 is 1.46 bits per heavy atom. The molecular weight excluding hydrogens is 1190 g/mol. The highest BCUT2D eigenvalue weighted by atomic mass is 32.1. The Labute approximate surface area is 559 Å². The van der Waals surface area contributed by atoms with Crippen LogP contribution in [0.15, 0.2) is 287 Å². The maximum atomic E-state index is 6.58. The first-order valence-electron chi connectivity index (χ1n) is 33.0. The second-order valence-electron chi connectivity index (χ2n) is 26.9. The van der Waals surface area contributed by atoms with Gasteiger partial charge in [-0.3, -0.25) is 9.98 Å². The third kappa shape index (κ3) is 8.36. The van der Waals surface area contributed by atoms with Crippen molar-refractivity contribution in [3.8, 4) is 33.5 Å². The number of thiophene rings is 1. The first kappa shape index (κ1) is 55.9. The molecule has 6 nitrogen and oxygen atoms in total. The smallest absolute Gasteiger partial charge is 0.135 e. The minimum Gasteiger partial charge on any atom is -0.456 e. The number of nitrogens with zero attached hydrogens (tertiary/aromatic N) is 4. The Bertz CT molecular complexity index is 6270. The van der Waals surface area contributed by atoms with Gasteiger partial charge < -0.3 is 18.6 Å². The highest BCUT2D eigenvalue weighted by molar-refractivity contribution is 7.26. The highest BCUT2D eigenvalue weighted by Crippen LogP contribution is 2.54. The molecule has 2 aliphatic rings. The normalized spacial score (nSPS) is 13.9. The van der Waals surface area contributed by atoms with Gasteiger partial charge in [0.1, 0.15) is 22.3 Å². The molecule has 0 amide bonds. The van der Waals surface area contributed by atoms with Crippen molar-refractivity contribution in [2.75, 3.05) is 9.80 Å². The fourth-order valence-electron chi connectivity index (χ4n) is 16.1. The van der Waals surface area contributed by atoms with E-state index in [0.29, 0.717) is 0 Å². The lowest BCUT2D eigenvalue weighted by atomic mass is 9.82. The van der Waals surface area contributed by atoms with Gasteiger partial charge in [-0.25, -0.2) is 0 Å². The van der Waals surface area contributed by atoms with Gasteiger partial charge in [0.2, 0.25) is 0 Å². The average molecular weight is 1250 g/mol. The summed E-state index contributed by atoms with van der Waals surface area (Å²) in [7, 11) is 0. The van der Waals surface area contributed by atoms with Gasteiger partial charge in [0, 0.05) is 104 Å². The Kier molecular flexibility index (Phi) is 12.2. The van der Waals surface area contributed by atoms with Crippen molar-refractivity contribution >= 4 is 154 Å². The number of hydrogen-bond acceptors (Lipinski definition) is 7. The fourth-order valence-corrected chi connectivity index (χ4v) is 17.2. The Hall–Kier alpha value is -11.6. The number of aliphatic imine (C=N–C) groups is 1. The molecule has 0 saturated heterocycles. The molecule has 0 saturated carbocycles. The summed E-state index contributed by atoms with van der Waals surface area (Å²) in [6.45, 7) is 15.4. The van der Waals surface area contributed by atoms with Crippen LogP contribution in [-0.2, 0) is 10.8 Å². The molecule has 7 heteroatoms. The van der Waals surface area contributed by atoms with Crippen molar-refractivity contribution in [3.05, 3.63) is 301 Å². The molecule has 0 fully saturated rings. The van der Waals surface area contributed by atoms with E-state index in [0.717, 1.165) is 101 Å². The molecule has 17 aromatic rings. The fraction of sp³-hybridized carbons (Fsp3) is 0.0787. The SMILES string of the molecule is C=N/C(=C\C=C/C)c1ccc2oc3ccc(N(c4ccc5c(c4)C(C)(C)c4ccccc4-5)c4ccc5c(c4)c4ccccc4c4cc6c(cc54)sc4ccc(N(c5ccc7c(c5)C(C)(C)c5ccccc5-7)c5ccc7oc8ccc(-c9ccccn9)cc8c7c5)cc46)cc3c2c1. The van der Waals surface area contributed by atoms with E-state index in [1.165, 1.54) is 97.0 Å². The molecule has 0 bridgehead atoms. The summed E-state index contributed by atoms with van der Waals surface area (Å²) in [4.78, 5) is 14.0. The number of hydrogen-bond donors (Lipinski definition) is 0. The van der Waals surface area contributed by atoms with Crippen molar-refractivity contribution in [2.24, 2.45) is 4.99 Å². The number of pyridine rings is 1. The molecule has 0 atom stereocenters. The molecule has 96 heavy (non-hydrogen) atoms. The van der Waals surface area contributed by atoms with E-state index >= 15 is 0 Å². The van der Waals surface area contributed by atoms with Gasteiger partial charge in [0.15, 0.2) is 0 Å². The van der Waals surface area contributed by atoms with Crippen LogP contribution in [-0.4, -0.2) is 11.7 Å². The molecule has 0 radical (unpaired) electrons. The van der Waals surface area contributed by atoms with E-state index in [2.05, 4.69) is 286 Å². The van der Waals surface area contributed by atoms with Gasteiger partial charge in [-0.15, -0.1) is 11.3 Å². The topological polar surface area (TPSA) is 58.0 Å². The Morgan fingerprint density at radius 2 is 0.854 bits per heavy atom. The van der Waals surface area contributed by atoms with Crippen LogP contribution in [0.4, 0.5) is 34.1 Å². The summed E-state index contributed by atoms with van der Waals surface area (Å²) < 4.78 is 15.6. The number of aromatic nitrogens is 1. The van der Waals surface area contributed by atoms with E-state index < -0.39 is 0 Å². The Morgan fingerprint density at radius 1 is 0.396 bits per heavy atom. The molecule has 0 N–H and O–H groups in total.